The minimum absolute atomic E-state index is 0.436. The highest BCUT2D eigenvalue weighted by atomic mass is 32.2. The number of aromatic nitrogens is 1. The highest BCUT2D eigenvalue weighted by molar-refractivity contribution is 7.93. The Morgan fingerprint density at radius 3 is 2.42 bits per heavy atom. The molecule has 0 aliphatic carbocycles. The molecule has 2 heterocycles. The Morgan fingerprint density at radius 1 is 1.07 bits per heavy atom. The van der Waals surface area contributed by atoms with E-state index in [4.69, 9.17) is 4.74 Å². The van der Waals surface area contributed by atoms with E-state index in [1.54, 1.807) is 23.8 Å². The van der Waals surface area contributed by atoms with Gasteiger partial charge in [0.05, 0.1) is 6.10 Å². The van der Waals surface area contributed by atoms with Gasteiger partial charge in [-0.25, -0.2) is 13.1 Å². The van der Waals surface area contributed by atoms with E-state index in [0.717, 1.165) is 35.1 Å². The molecular weight excluding hydrogens is 532 g/mol. The fraction of sp³-hybridized carbons (Fsp3) is 0.414. The molecule has 1 aliphatic heterocycles. The van der Waals surface area contributed by atoms with E-state index in [1.807, 2.05) is 12.1 Å². The number of nitrogens with zero attached hydrogens (tertiary/aromatic N) is 3. The summed E-state index contributed by atoms with van der Waals surface area (Å²) < 4.78 is 35.1. The highest BCUT2D eigenvalue weighted by Crippen LogP contribution is 2.29. The van der Waals surface area contributed by atoms with Crippen molar-refractivity contribution < 1.29 is 28.5 Å². The molecule has 0 radical (unpaired) electrons. The van der Waals surface area contributed by atoms with Gasteiger partial charge in [0.1, 0.15) is 18.3 Å². The summed E-state index contributed by atoms with van der Waals surface area (Å²) in [6.07, 6.45) is -3.97. The van der Waals surface area contributed by atoms with Gasteiger partial charge in [0.15, 0.2) is 11.2 Å². The number of ether oxygens (including phenoxy) is 1. The van der Waals surface area contributed by atoms with Crippen LogP contribution in [0.2, 0.25) is 0 Å². The molecule has 4 rings (SSSR count). The van der Waals surface area contributed by atoms with E-state index in [0.29, 0.717) is 5.69 Å². The van der Waals surface area contributed by atoms with Crippen LogP contribution in [0.4, 0.5) is 5.69 Å². The van der Waals surface area contributed by atoms with Gasteiger partial charge < -0.3 is 29.5 Å². The Morgan fingerprint density at radius 2 is 1.75 bits per heavy atom. The summed E-state index contributed by atoms with van der Waals surface area (Å²) in [5.41, 5.74) is 3.46. The van der Waals surface area contributed by atoms with Crippen molar-refractivity contribution in [1.82, 2.24) is 9.29 Å². The van der Waals surface area contributed by atoms with Crippen molar-refractivity contribution in [2.75, 3.05) is 24.5 Å². The second kappa shape index (κ2) is 12.1. The Hall–Kier alpha value is -3.24. The molecule has 2 aromatic carbocycles. The molecular formula is C29H36N4O6S. The lowest BCUT2D eigenvalue weighted by atomic mass is 9.92. The number of nitriles is 1. The Kier molecular flexibility index (Phi) is 8.99. The molecule has 11 heteroatoms. The minimum atomic E-state index is -4.28. The molecule has 3 aromatic rings. The third kappa shape index (κ3) is 5.93. The van der Waals surface area contributed by atoms with Crippen molar-refractivity contribution in [3.8, 4) is 17.3 Å². The summed E-state index contributed by atoms with van der Waals surface area (Å²) in [7, 11) is -2.49. The lowest BCUT2D eigenvalue weighted by Gasteiger charge is -2.39. The van der Waals surface area contributed by atoms with E-state index in [-0.39, 0.29) is 0 Å². The first-order chi connectivity index (χ1) is 19.0. The summed E-state index contributed by atoms with van der Waals surface area (Å²) in [6.45, 7) is 7.18. The zero-order chi connectivity index (χ0) is 29.2. The zero-order valence-corrected chi connectivity index (χ0v) is 23.8. The van der Waals surface area contributed by atoms with Gasteiger partial charge in [-0.3, -0.25) is 0 Å². The number of allylic oxidation sites excluding steroid dienone is 1. The van der Waals surface area contributed by atoms with Crippen LogP contribution in [0, 0.1) is 17.2 Å². The van der Waals surface area contributed by atoms with Crippen LogP contribution in [0.25, 0.3) is 28.1 Å². The molecule has 1 saturated heterocycles. The second-order valence-electron chi connectivity index (χ2n) is 10.00. The van der Waals surface area contributed by atoms with Gasteiger partial charge in [-0.05, 0) is 66.6 Å². The summed E-state index contributed by atoms with van der Waals surface area (Å²) >= 11 is 0. The normalized spacial score (nSPS) is 23.8. The smallest absolute Gasteiger partial charge is 0.250 e. The molecule has 4 N–H and O–H groups in total. The molecule has 0 bridgehead atoms. The maximum Gasteiger partial charge on any atom is 0.250 e. The summed E-state index contributed by atoms with van der Waals surface area (Å²) in [5, 5.41) is 42.1. The molecule has 5 atom stereocenters. The van der Waals surface area contributed by atoms with E-state index in [1.165, 1.54) is 18.7 Å². The molecule has 10 nitrogen and oxygen atoms in total. The minimum Gasteiger partial charge on any atom is -0.390 e. The largest absolute Gasteiger partial charge is 0.390 e. The SMILES string of the molecule is CCN(CC)c1ccc2cc(-c3ccc(/C=C(\C#N)S(=O)(=O)NC[C@H]4OC(O)[C@H](C)[C@@H](O)[C@@H]4O)n3C)ccc2c1. The van der Waals surface area contributed by atoms with Crippen molar-refractivity contribution in [3.05, 3.63) is 59.1 Å². The number of aliphatic hydroxyl groups is 3. The van der Waals surface area contributed by atoms with Crippen LogP contribution in [0.1, 0.15) is 26.5 Å². The number of anilines is 1. The first kappa shape index (κ1) is 29.7. The number of nitrogens with one attached hydrogen (secondary N) is 1. The monoisotopic (exact) mass is 568 g/mol. The topological polar surface area (TPSA) is 148 Å². The third-order valence-corrected chi connectivity index (χ3v) is 8.93. The lowest BCUT2D eigenvalue weighted by molar-refractivity contribution is -0.257. The van der Waals surface area contributed by atoms with Crippen molar-refractivity contribution >= 4 is 32.6 Å². The molecule has 0 spiro atoms. The number of aliphatic hydroxyl groups excluding tert-OH is 3. The molecule has 214 valence electrons. The number of hydrogen-bond acceptors (Lipinski definition) is 8. The van der Waals surface area contributed by atoms with Crippen molar-refractivity contribution in [2.45, 2.75) is 45.4 Å². The van der Waals surface area contributed by atoms with E-state index >= 15 is 0 Å². The number of hydrogen-bond donors (Lipinski definition) is 4. The van der Waals surface area contributed by atoms with Gasteiger partial charge in [0, 0.05) is 49.7 Å². The van der Waals surface area contributed by atoms with Crippen LogP contribution < -0.4 is 9.62 Å². The van der Waals surface area contributed by atoms with Crippen LogP contribution in [0.5, 0.6) is 0 Å². The molecule has 40 heavy (non-hydrogen) atoms. The average Bonchev–Trinajstić information content (AvgIpc) is 3.31. The predicted octanol–water partition coefficient (Wildman–Crippen LogP) is 2.55. The Labute approximate surface area is 234 Å². The van der Waals surface area contributed by atoms with E-state index in [9.17, 15) is 29.0 Å². The van der Waals surface area contributed by atoms with Gasteiger partial charge in [-0.2, -0.15) is 5.26 Å². The second-order valence-corrected chi connectivity index (χ2v) is 11.7. The molecule has 1 aromatic heterocycles. The van der Waals surface area contributed by atoms with Crippen LogP contribution in [-0.4, -0.2) is 72.5 Å². The number of fused-ring (bicyclic) bond motifs is 1. The van der Waals surface area contributed by atoms with Crippen molar-refractivity contribution in [1.29, 1.82) is 5.26 Å². The first-order valence-electron chi connectivity index (χ1n) is 13.3. The standard InChI is InChI=1S/C29H36N4O6S/c1-5-33(6-2)23-10-9-19-13-21(8-7-20(19)14-23)25-12-11-22(32(25)4)15-24(16-30)40(37,38)31-17-26-28(35)27(34)18(3)29(36)39-26/h7-15,18,26-29,31,34-36H,5-6,17H2,1-4H3/b24-15+/t18-,26-,27-,28-,29?/m1/s1. The number of rotatable bonds is 9. The molecule has 0 saturated carbocycles. The predicted molar refractivity (Wildman–Crippen MR) is 154 cm³/mol. The summed E-state index contributed by atoms with van der Waals surface area (Å²) in [5.74, 6) is -0.739. The van der Waals surface area contributed by atoms with Gasteiger partial charge in [0.25, 0.3) is 10.0 Å². The van der Waals surface area contributed by atoms with Gasteiger partial charge in [-0.15, -0.1) is 0 Å². The van der Waals surface area contributed by atoms with Gasteiger partial charge >= 0.3 is 0 Å². The van der Waals surface area contributed by atoms with E-state index in [2.05, 4.69) is 53.8 Å². The third-order valence-electron chi connectivity index (χ3n) is 7.60. The molecule has 1 aliphatic rings. The maximum absolute atomic E-state index is 12.9. The molecule has 1 unspecified atom stereocenters. The van der Waals surface area contributed by atoms with Gasteiger partial charge in [-0.1, -0.05) is 25.1 Å². The summed E-state index contributed by atoms with van der Waals surface area (Å²) in [6, 6.07) is 17.8. The van der Waals surface area contributed by atoms with E-state index < -0.39 is 52.0 Å². The Balaban J connectivity index is 1.55. The Bertz CT molecular complexity index is 1540. The van der Waals surface area contributed by atoms with Gasteiger partial charge in [0.2, 0.25) is 0 Å². The maximum atomic E-state index is 12.9. The van der Waals surface area contributed by atoms with Crippen LogP contribution in [0.15, 0.2) is 53.4 Å². The van der Waals surface area contributed by atoms with Crippen LogP contribution in [-0.2, 0) is 21.8 Å². The zero-order valence-electron chi connectivity index (χ0n) is 23.0. The van der Waals surface area contributed by atoms with Crippen LogP contribution >= 0.6 is 0 Å². The molecule has 0 amide bonds. The first-order valence-corrected chi connectivity index (χ1v) is 14.7. The quantitative estimate of drug-likeness (QED) is 0.288. The van der Waals surface area contributed by atoms with Crippen LogP contribution in [0.3, 0.4) is 0 Å². The fourth-order valence-corrected chi connectivity index (χ4v) is 5.90. The van der Waals surface area contributed by atoms with Crippen molar-refractivity contribution in [2.24, 2.45) is 13.0 Å². The number of sulfonamides is 1. The molecule has 1 fully saturated rings. The number of benzene rings is 2. The fourth-order valence-electron chi connectivity index (χ4n) is 4.97. The lowest BCUT2D eigenvalue weighted by Crippen LogP contribution is -2.56. The average molecular weight is 569 g/mol. The van der Waals surface area contributed by atoms with Crippen molar-refractivity contribution in [3.63, 3.8) is 0 Å². The summed E-state index contributed by atoms with van der Waals surface area (Å²) in [4.78, 5) is 1.76. The highest BCUT2D eigenvalue weighted by Gasteiger charge is 2.41.